The molecule has 0 fully saturated rings. The van der Waals surface area contributed by atoms with Crippen LogP contribution in [0.5, 0.6) is 0 Å². The van der Waals surface area contributed by atoms with Crippen molar-refractivity contribution in [3.8, 4) is 0 Å². The molecule has 0 amide bonds. The van der Waals surface area contributed by atoms with Gasteiger partial charge in [-0.2, -0.15) is 4.98 Å². The van der Waals surface area contributed by atoms with E-state index in [4.69, 9.17) is 9.26 Å². The number of nitrogens with one attached hydrogen (secondary N) is 1. The summed E-state index contributed by atoms with van der Waals surface area (Å²) < 4.78 is 10.3. The minimum Gasteiger partial charge on any atom is -0.381 e. The maximum atomic E-state index is 5.14. The number of aromatic nitrogens is 2. The highest BCUT2D eigenvalue weighted by atomic mass is 16.5. The molecule has 0 saturated heterocycles. The fourth-order valence-corrected chi connectivity index (χ4v) is 1.19. The summed E-state index contributed by atoms with van der Waals surface area (Å²) in [5.74, 6) is 1.34. The Morgan fingerprint density at radius 1 is 1.44 bits per heavy atom. The van der Waals surface area contributed by atoms with Crippen LogP contribution < -0.4 is 5.32 Å². The van der Waals surface area contributed by atoms with Gasteiger partial charge in [0.15, 0.2) is 5.82 Å². The van der Waals surface area contributed by atoms with Crippen LogP contribution in [0.3, 0.4) is 0 Å². The van der Waals surface area contributed by atoms with E-state index in [9.17, 15) is 0 Å². The molecule has 1 aromatic heterocycles. The molecule has 2 unspecified atom stereocenters. The second kappa shape index (κ2) is 6.60. The second-order valence-electron chi connectivity index (χ2n) is 4.04. The van der Waals surface area contributed by atoms with Crippen molar-refractivity contribution >= 4 is 0 Å². The van der Waals surface area contributed by atoms with Crippen LogP contribution in [0.25, 0.3) is 0 Å². The molecule has 0 aliphatic heterocycles. The second-order valence-corrected chi connectivity index (χ2v) is 4.04. The number of hydrogen-bond acceptors (Lipinski definition) is 5. The lowest BCUT2D eigenvalue weighted by molar-refractivity contribution is 0.116. The van der Waals surface area contributed by atoms with Gasteiger partial charge in [-0.15, -0.1) is 0 Å². The van der Waals surface area contributed by atoms with Gasteiger partial charge in [0.1, 0.15) is 0 Å². The van der Waals surface area contributed by atoms with Crippen molar-refractivity contribution in [2.75, 3.05) is 7.11 Å². The van der Waals surface area contributed by atoms with Gasteiger partial charge in [-0.25, -0.2) is 0 Å². The van der Waals surface area contributed by atoms with E-state index < -0.39 is 0 Å². The topological polar surface area (TPSA) is 60.2 Å². The highest BCUT2D eigenvalue weighted by Gasteiger charge is 2.10. The van der Waals surface area contributed by atoms with Gasteiger partial charge in [0.05, 0.1) is 12.6 Å². The van der Waals surface area contributed by atoms with Crippen molar-refractivity contribution in [1.29, 1.82) is 0 Å². The van der Waals surface area contributed by atoms with Crippen molar-refractivity contribution < 1.29 is 9.26 Å². The lowest BCUT2D eigenvalue weighted by Gasteiger charge is -2.07. The summed E-state index contributed by atoms with van der Waals surface area (Å²) >= 11 is 0. The maximum Gasteiger partial charge on any atom is 0.240 e. The standard InChI is InChI=1S/C11H21N3O2/c1-5-8(2)12-7-11-13-10(14-16-11)6-9(3)15-4/h8-9,12H,5-7H2,1-4H3. The van der Waals surface area contributed by atoms with Crippen molar-refractivity contribution in [3.63, 3.8) is 0 Å². The molecule has 0 bridgehead atoms. The third-order valence-electron chi connectivity index (χ3n) is 2.60. The zero-order chi connectivity index (χ0) is 12.0. The van der Waals surface area contributed by atoms with Crippen LogP contribution in [0.4, 0.5) is 0 Å². The van der Waals surface area contributed by atoms with Crippen LogP contribution in [-0.4, -0.2) is 29.4 Å². The molecule has 0 spiro atoms. The summed E-state index contributed by atoms with van der Waals surface area (Å²) in [5, 5.41) is 7.20. The Kier molecular flexibility index (Phi) is 5.42. The summed E-state index contributed by atoms with van der Waals surface area (Å²) in [6.45, 7) is 6.87. The molecular formula is C11H21N3O2. The Morgan fingerprint density at radius 3 is 2.81 bits per heavy atom. The van der Waals surface area contributed by atoms with Crippen LogP contribution >= 0.6 is 0 Å². The van der Waals surface area contributed by atoms with Crippen LogP contribution in [0.2, 0.25) is 0 Å². The van der Waals surface area contributed by atoms with Gasteiger partial charge in [0.25, 0.3) is 0 Å². The Bertz CT molecular complexity index is 301. The van der Waals surface area contributed by atoms with Crippen LogP contribution in [-0.2, 0) is 17.7 Å². The first-order chi connectivity index (χ1) is 7.65. The molecule has 1 rings (SSSR count). The Morgan fingerprint density at radius 2 is 2.19 bits per heavy atom. The van der Waals surface area contributed by atoms with Crippen molar-refractivity contribution in [1.82, 2.24) is 15.5 Å². The van der Waals surface area contributed by atoms with Gasteiger partial charge < -0.3 is 14.6 Å². The summed E-state index contributed by atoms with van der Waals surface area (Å²) in [7, 11) is 1.68. The fourth-order valence-electron chi connectivity index (χ4n) is 1.19. The number of ether oxygens (including phenoxy) is 1. The van der Waals surface area contributed by atoms with E-state index in [0.29, 0.717) is 30.7 Å². The number of nitrogens with zero attached hydrogens (tertiary/aromatic N) is 2. The van der Waals surface area contributed by atoms with Gasteiger partial charge in [-0.3, -0.25) is 0 Å². The average molecular weight is 227 g/mol. The van der Waals surface area contributed by atoms with Gasteiger partial charge in [0, 0.05) is 19.6 Å². The van der Waals surface area contributed by atoms with E-state index in [1.807, 2.05) is 6.92 Å². The minimum atomic E-state index is 0.118. The molecule has 1 aromatic rings. The Labute approximate surface area is 96.6 Å². The van der Waals surface area contributed by atoms with Crippen LogP contribution in [0, 0.1) is 0 Å². The molecule has 2 atom stereocenters. The molecule has 5 nitrogen and oxygen atoms in total. The predicted molar refractivity (Wildman–Crippen MR) is 61.1 cm³/mol. The summed E-state index contributed by atoms with van der Waals surface area (Å²) in [5.41, 5.74) is 0. The van der Waals surface area contributed by atoms with Crippen LogP contribution in [0.15, 0.2) is 4.52 Å². The molecular weight excluding hydrogens is 206 g/mol. The molecule has 16 heavy (non-hydrogen) atoms. The molecule has 1 N–H and O–H groups in total. The maximum absolute atomic E-state index is 5.14. The third kappa shape index (κ3) is 4.28. The number of methoxy groups -OCH3 is 1. The first-order valence-corrected chi connectivity index (χ1v) is 5.73. The first kappa shape index (κ1) is 13.1. The monoisotopic (exact) mass is 227 g/mol. The molecule has 1 heterocycles. The summed E-state index contributed by atoms with van der Waals surface area (Å²) in [6.07, 6.45) is 1.89. The fraction of sp³-hybridized carbons (Fsp3) is 0.818. The number of hydrogen-bond donors (Lipinski definition) is 1. The van der Waals surface area contributed by atoms with Gasteiger partial charge in [-0.05, 0) is 20.3 Å². The molecule has 5 heteroatoms. The molecule has 0 radical (unpaired) electrons. The highest BCUT2D eigenvalue weighted by molar-refractivity contribution is 4.88. The predicted octanol–water partition coefficient (Wildman–Crippen LogP) is 1.54. The quantitative estimate of drug-likeness (QED) is 0.765. The summed E-state index contributed by atoms with van der Waals surface area (Å²) in [6, 6.07) is 0.466. The highest BCUT2D eigenvalue weighted by Crippen LogP contribution is 2.03. The zero-order valence-electron chi connectivity index (χ0n) is 10.5. The lowest BCUT2D eigenvalue weighted by Crippen LogP contribution is -2.24. The SMILES string of the molecule is CCC(C)NCc1nc(CC(C)OC)no1. The normalized spacial score (nSPS) is 15.0. The smallest absolute Gasteiger partial charge is 0.240 e. The lowest BCUT2D eigenvalue weighted by atomic mass is 10.2. The third-order valence-corrected chi connectivity index (χ3v) is 2.60. The van der Waals surface area contributed by atoms with E-state index in [-0.39, 0.29) is 6.10 Å². The number of rotatable bonds is 7. The first-order valence-electron chi connectivity index (χ1n) is 5.73. The molecule has 0 saturated carbocycles. The zero-order valence-corrected chi connectivity index (χ0v) is 10.5. The minimum absolute atomic E-state index is 0.118. The van der Waals surface area contributed by atoms with Crippen molar-refractivity contribution in [2.24, 2.45) is 0 Å². The van der Waals surface area contributed by atoms with Gasteiger partial charge in [0.2, 0.25) is 5.89 Å². The van der Waals surface area contributed by atoms with Gasteiger partial charge >= 0.3 is 0 Å². The van der Waals surface area contributed by atoms with E-state index in [1.54, 1.807) is 7.11 Å². The average Bonchev–Trinajstić information content (AvgIpc) is 2.73. The molecule has 92 valence electrons. The molecule has 0 aliphatic carbocycles. The molecule has 0 aromatic carbocycles. The van der Waals surface area contributed by atoms with E-state index in [2.05, 4.69) is 29.3 Å². The molecule has 0 aliphatic rings. The summed E-state index contributed by atoms with van der Waals surface area (Å²) in [4.78, 5) is 4.28. The Balaban J connectivity index is 2.39. The van der Waals surface area contributed by atoms with Crippen LogP contribution in [0.1, 0.15) is 38.9 Å². The van der Waals surface area contributed by atoms with E-state index in [1.165, 1.54) is 0 Å². The largest absolute Gasteiger partial charge is 0.381 e. The van der Waals surface area contributed by atoms with Gasteiger partial charge in [-0.1, -0.05) is 12.1 Å². The van der Waals surface area contributed by atoms with E-state index >= 15 is 0 Å². The van der Waals surface area contributed by atoms with Crippen molar-refractivity contribution in [2.45, 2.75) is 52.3 Å². The van der Waals surface area contributed by atoms with E-state index in [0.717, 1.165) is 6.42 Å². The van der Waals surface area contributed by atoms with Crippen molar-refractivity contribution in [3.05, 3.63) is 11.7 Å². The Hall–Kier alpha value is -0.940.